The number of likely N-dealkylation sites (N-methyl/N-ethyl adjacent to an activating group) is 1. The number of carbonyl (C=O) groups is 1. The molecule has 1 aromatic heterocycles. The zero-order chi connectivity index (χ0) is 15.3. The van der Waals surface area contributed by atoms with Gasteiger partial charge in [0, 0.05) is 24.6 Å². The Balaban J connectivity index is 3.02. The largest absolute Gasteiger partial charge is 0.373 e. The molecular weight excluding hydrogens is 254 g/mol. The van der Waals surface area contributed by atoms with Gasteiger partial charge in [-0.05, 0) is 13.8 Å². The molecule has 1 aromatic rings. The van der Waals surface area contributed by atoms with Crippen molar-refractivity contribution in [3.63, 3.8) is 0 Å². The lowest BCUT2D eigenvalue weighted by Gasteiger charge is -2.20. The minimum atomic E-state index is -0.151. The van der Waals surface area contributed by atoms with Gasteiger partial charge in [-0.2, -0.15) is 0 Å². The minimum absolute atomic E-state index is 0.0474. The number of anilines is 2. The molecule has 3 N–H and O–H groups in total. The lowest BCUT2D eigenvalue weighted by molar-refractivity contribution is -0.119. The molecule has 0 saturated heterocycles. The lowest BCUT2D eigenvalue weighted by Crippen LogP contribution is -2.30. The fraction of sp³-hybridized carbons (Fsp3) is 0.643. The Morgan fingerprint density at radius 1 is 1.20 bits per heavy atom. The second kappa shape index (κ2) is 6.54. The number of amides is 1. The Morgan fingerprint density at radius 2 is 1.80 bits per heavy atom. The highest BCUT2D eigenvalue weighted by molar-refractivity contribution is 5.80. The molecule has 1 rings (SSSR count). The van der Waals surface area contributed by atoms with E-state index in [1.165, 1.54) is 0 Å². The Labute approximate surface area is 120 Å². The van der Waals surface area contributed by atoms with Gasteiger partial charge in [0.05, 0.1) is 6.54 Å². The number of nitrogens with zero attached hydrogens (tertiary/aromatic N) is 2. The van der Waals surface area contributed by atoms with E-state index in [1.807, 2.05) is 20.9 Å². The smallest absolute Gasteiger partial charge is 0.239 e. The Hall–Kier alpha value is -1.85. The maximum absolute atomic E-state index is 11.5. The zero-order valence-electron chi connectivity index (χ0n) is 13.2. The average Bonchev–Trinajstić information content (AvgIpc) is 2.36. The van der Waals surface area contributed by atoms with Crippen LogP contribution in [0.25, 0.3) is 0 Å². The number of nitrogens with one attached hydrogen (secondary N) is 3. The van der Waals surface area contributed by atoms with Crippen molar-refractivity contribution in [1.82, 2.24) is 15.3 Å². The van der Waals surface area contributed by atoms with Crippen molar-refractivity contribution in [3.05, 3.63) is 11.4 Å². The third kappa shape index (κ3) is 4.08. The minimum Gasteiger partial charge on any atom is -0.373 e. The zero-order valence-corrected chi connectivity index (χ0v) is 13.2. The first-order valence-corrected chi connectivity index (χ1v) is 6.87. The average molecular weight is 279 g/mol. The molecule has 0 radical (unpaired) electrons. The lowest BCUT2D eigenvalue weighted by atomic mass is 9.95. The predicted octanol–water partition coefficient (Wildman–Crippen LogP) is 1.67. The van der Waals surface area contributed by atoms with Crippen LogP contribution in [0, 0.1) is 6.92 Å². The quantitative estimate of drug-likeness (QED) is 0.764. The second-order valence-corrected chi connectivity index (χ2v) is 5.68. The number of aromatic nitrogens is 2. The molecule has 0 aliphatic rings. The number of carbonyl (C=O) groups excluding carboxylic acids is 1. The molecule has 20 heavy (non-hydrogen) atoms. The summed E-state index contributed by atoms with van der Waals surface area (Å²) in [5.41, 5.74) is 0.756. The summed E-state index contributed by atoms with van der Waals surface area (Å²) in [5.74, 6) is 2.17. The molecule has 112 valence electrons. The van der Waals surface area contributed by atoms with Gasteiger partial charge in [-0.1, -0.05) is 20.8 Å². The van der Waals surface area contributed by atoms with Crippen LogP contribution in [-0.2, 0) is 10.2 Å². The SMILES string of the molecule is CCNC(=O)CNc1nc(C(C)(C)C)nc(NC)c1C. The van der Waals surface area contributed by atoms with Crippen molar-refractivity contribution in [2.45, 2.75) is 40.0 Å². The maximum Gasteiger partial charge on any atom is 0.239 e. The van der Waals surface area contributed by atoms with E-state index in [0.29, 0.717) is 12.4 Å². The highest BCUT2D eigenvalue weighted by Crippen LogP contribution is 2.25. The van der Waals surface area contributed by atoms with Gasteiger partial charge in [0.2, 0.25) is 5.91 Å². The van der Waals surface area contributed by atoms with Gasteiger partial charge in [-0.3, -0.25) is 4.79 Å². The molecule has 0 unspecified atom stereocenters. The fourth-order valence-corrected chi connectivity index (χ4v) is 1.69. The molecule has 0 fully saturated rings. The first-order chi connectivity index (χ1) is 9.29. The van der Waals surface area contributed by atoms with E-state index in [2.05, 4.69) is 46.7 Å². The maximum atomic E-state index is 11.5. The van der Waals surface area contributed by atoms with Gasteiger partial charge in [-0.25, -0.2) is 9.97 Å². The van der Waals surface area contributed by atoms with E-state index in [1.54, 1.807) is 0 Å². The summed E-state index contributed by atoms with van der Waals surface area (Å²) in [4.78, 5) is 20.6. The van der Waals surface area contributed by atoms with Crippen LogP contribution in [0.3, 0.4) is 0 Å². The summed E-state index contributed by atoms with van der Waals surface area (Å²) in [5, 5.41) is 8.90. The van der Waals surface area contributed by atoms with Crippen molar-refractivity contribution < 1.29 is 4.79 Å². The van der Waals surface area contributed by atoms with Crippen molar-refractivity contribution in [2.24, 2.45) is 0 Å². The fourth-order valence-electron chi connectivity index (χ4n) is 1.69. The normalized spacial score (nSPS) is 11.1. The first-order valence-electron chi connectivity index (χ1n) is 6.87. The summed E-state index contributed by atoms with van der Waals surface area (Å²) >= 11 is 0. The first kappa shape index (κ1) is 16.2. The van der Waals surface area contributed by atoms with Crippen LogP contribution in [0.15, 0.2) is 0 Å². The molecular formula is C14H25N5O. The third-order valence-electron chi connectivity index (χ3n) is 2.84. The monoisotopic (exact) mass is 279 g/mol. The van der Waals surface area contributed by atoms with E-state index < -0.39 is 0 Å². The van der Waals surface area contributed by atoms with Crippen molar-refractivity contribution in [3.8, 4) is 0 Å². The molecule has 1 amide bonds. The van der Waals surface area contributed by atoms with Crippen molar-refractivity contribution in [2.75, 3.05) is 30.8 Å². The van der Waals surface area contributed by atoms with Crippen LogP contribution in [0.5, 0.6) is 0 Å². The Bertz CT molecular complexity index is 479. The van der Waals surface area contributed by atoms with Crippen LogP contribution in [0.2, 0.25) is 0 Å². The van der Waals surface area contributed by atoms with Gasteiger partial charge < -0.3 is 16.0 Å². The van der Waals surface area contributed by atoms with E-state index in [9.17, 15) is 4.79 Å². The Morgan fingerprint density at radius 3 is 2.30 bits per heavy atom. The van der Waals surface area contributed by atoms with E-state index in [4.69, 9.17) is 0 Å². The summed E-state index contributed by atoms with van der Waals surface area (Å²) in [6, 6.07) is 0. The number of hydrogen-bond donors (Lipinski definition) is 3. The van der Waals surface area contributed by atoms with Crippen LogP contribution >= 0.6 is 0 Å². The van der Waals surface area contributed by atoms with Gasteiger partial charge in [0.25, 0.3) is 0 Å². The molecule has 0 aliphatic heterocycles. The number of rotatable bonds is 5. The molecule has 0 bridgehead atoms. The second-order valence-electron chi connectivity index (χ2n) is 5.68. The summed E-state index contributed by atoms with van der Waals surface area (Å²) in [7, 11) is 1.83. The van der Waals surface area contributed by atoms with Crippen LogP contribution in [0.1, 0.15) is 39.1 Å². The van der Waals surface area contributed by atoms with Crippen molar-refractivity contribution in [1.29, 1.82) is 0 Å². The van der Waals surface area contributed by atoms with Gasteiger partial charge in [0.1, 0.15) is 17.5 Å². The van der Waals surface area contributed by atoms with E-state index >= 15 is 0 Å². The highest BCUT2D eigenvalue weighted by atomic mass is 16.1. The molecule has 6 nitrogen and oxygen atoms in total. The van der Waals surface area contributed by atoms with Crippen LogP contribution < -0.4 is 16.0 Å². The molecule has 0 aliphatic carbocycles. The predicted molar refractivity (Wildman–Crippen MR) is 82.2 cm³/mol. The summed E-state index contributed by atoms with van der Waals surface area (Å²) in [6.07, 6.45) is 0. The summed E-state index contributed by atoms with van der Waals surface area (Å²) < 4.78 is 0. The topological polar surface area (TPSA) is 78.9 Å². The van der Waals surface area contributed by atoms with Gasteiger partial charge in [0.15, 0.2) is 0 Å². The molecule has 0 saturated carbocycles. The molecule has 0 aromatic carbocycles. The van der Waals surface area contributed by atoms with Gasteiger partial charge >= 0.3 is 0 Å². The summed E-state index contributed by atoms with van der Waals surface area (Å²) in [6.45, 7) is 10.8. The third-order valence-corrected chi connectivity index (χ3v) is 2.84. The van der Waals surface area contributed by atoms with Crippen LogP contribution in [0.4, 0.5) is 11.6 Å². The van der Waals surface area contributed by atoms with E-state index in [-0.39, 0.29) is 17.9 Å². The Kier molecular flexibility index (Phi) is 5.30. The van der Waals surface area contributed by atoms with Crippen molar-refractivity contribution >= 4 is 17.5 Å². The van der Waals surface area contributed by atoms with Gasteiger partial charge in [-0.15, -0.1) is 0 Å². The number of hydrogen-bond acceptors (Lipinski definition) is 5. The highest BCUT2D eigenvalue weighted by Gasteiger charge is 2.21. The van der Waals surface area contributed by atoms with Crippen LogP contribution in [-0.4, -0.2) is 36.0 Å². The molecule has 0 spiro atoms. The molecule has 1 heterocycles. The molecule has 6 heteroatoms. The molecule has 0 atom stereocenters. The van der Waals surface area contributed by atoms with E-state index in [0.717, 1.165) is 17.2 Å². The standard InChI is InChI=1S/C14H25N5O/c1-7-16-10(20)8-17-12-9(2)11(15-6)18-13(19-12)14(3,4)5/h7-8H2,1-6H3,(H,16,20)(H2,15,17,18,19).